The van der Waals surface area contributed by atoms with Crippen molar-refractivity contribution in [3.05, 3.63) is 77.4 Å². The molecule has 1 aliphatic rings. The minimum absolute atomic E-state index is 0.570. The standard InChI is InChI=1S/C22H22F3NO2/c1-26(16-18-8-11-20-21(15-18)28-14-13-27-20)12-4-2-3-5-17-6-9-19(10-7-17)22(23,24)25/h2-11,15H,12-14,16H2,1H3. The first-order valence-electron chi connectivity index (χ1n) is 8.99. The lowest BCUT2D eigenvalue weighted by Crippen LogP contribution is -2.19. The molecule has 0 spiro atoms. The molecule has 0 aromatic heterocycles. The molecule has 0 saturated heterocycles. The summed E-state index contributed by atoms with van der Waals surface area (Å²) in [5.74, 6) is 1.57. The molecule has 0 amide bonds. The maximum atomic E-state index is 12.5. The fraction of sp³-hybridized carbons (Fsp3) is 0.273. The fourth-order valence-electron chi connectivity index (χ4n) is 2.83. The van der Waals surface area contributed by atoms with Gasteiger partial charge in [-0.3, -0.25) is 4.90 Å². The van der Waals surface area contributed by atoms with E-state index in [4.69, 9.17) is 9.47 Å². The average molecular weight is 389 g/mol. The van der Waals surface area contributed by atoms with E-state index < -0.39 is 11.7 Å². The summed E-state index contributed by atoms with van der Waals surface area (Å²) < 4.78 is 48.7. The van der Waals surface area contributed by atoms with Gasteiger partial charge in [0, 0.05) is 13.1 Å². The van der Waals surface area contributed by atoms with E-state index in [1.165, 1.54) is 12.1 Å². The summed E-state index contributed by atoms with van der Waals surface area (Å²) in [6.45, 7) is 2.66. The first-order valence-corrected chi connectivity index (χ1v) is 8.99. The summed E-state index contributed by atoms with van der Waals surface area (Å²) in [5.41, 5.74) is 1.23. The van der Waals surface area contributed by atoms with Gasteiger partial charge in [-0.15, -0.1) is 0 Å². The van der Waals surface area contributed by atoms with Crippen LogP contribution >= 0.6 is 0 Å². The molecule has 6 heteroatoms. The summed E-state index contributed by atoms with van der Waals surface area (Å²) >= 11 is 0. The SMILES string of the molecule is CN(CC=CC=Cc1ccc(C(F)(F)F)cc1)Cc1ccc2c(c1)OCCO2. The Morgan fingerprint density at radius 3 is 2.39 bits per heavy atom. The molecule has 0 fully saturated rings. The van der Waals surface area contributed by atoms with E-state index in [9.17, 15) is 13.2 Å². The van der Waals surface area contributed by atoms with Crippen molar-refractivity contribution in [2.45, 2.75) is 12.7 Å². The normalized spacial score (nSPS) is 14.3. The molecule has 2 aromatic rings. The summed E-state index contributed by atoms with van der Waals surface area (Å²) in [4.78, 5) is 2.15. The first kappa shape index (κ1) is 20.0. The Morgan fingerprint density at radius 1 is 0.964 bits per heavy atom. The third-order valence-electron chi connectivity index (χ3n) is 4.25. The van der Waals surface area contributed by atoms with Crippen molar-refractivity contribution in [1.82, 2.24) is 4.90 Å². The number of halogens is 3. The number of hydrogen-bond acceptors (Lipinski definition) is 3. The second kappa shape index (κ2) is 8.97. The number of allylic oxidation sites excluding steroid dienone is 2. The van der Waals surface area contributed by atoms with Crippen LogP contribution in [0.4, 0.5) is 13.2 Å². The highest BCUT2D eigenvalue weighted by molar-refractivity contribution is 5.51. The van der Waals surface area contributed by atoms with Gasteiger partial charge in [0.05, 0.1) is 5.56 Å². The van der Waals surface area contributed by atoms with Gasteiger partial charge in [0.25, 0.3) is 0 Å². The van der Waals surface area contributed by atoms with Gasteiger partial charge in [-0.25, -0.2) is 0 Å². The van der Waals surface area contributed by atoms with E-state index in [0.717, 1.165) is 47.8 Å². The van der Waals surface area contributed by atoms with Crippen LogP contribution in [-0.4, -0.2) is 31.7 Å². The van der Waals surface area contributed by atoms with Crippen LogP contribution in [0.25, 0.3) is 6.08 Å². The Bertz CT molecular complexity index is 842. The fourth-order valence-corrected chi connectivity index (χ4v) is 2.83. The van der Waals surface area contributed by atoms with Crippen LogP contribution in [0.1, 0.15) is 16.7 Å². The van der Waals surface area contributed by atoms with Crippen LogP contribution in [0.5, 0.6) is 11.5 Å². The lowest BCUT2D eigenvalue weighted by Gasteiger charge is -2.20. The van der Waals surface area contributed by atoms with E-state index in [2.05, 4.69) is 4.90 Å². The monoisotopic (exact) mass is 389 g/mol. The highest BCUT2D eigenvalue weighted by Crippen LogP contribution is 2.31. The van der Waals surface area contributed by atoms with Gasteiger partial charge in [0.1, 0.15) is 13.2 Å². The summed E-state index contributed by atoms with van der Waals surface area (Å²) in [6, 6.07) is 11.1. The Kier molecular flexibility index (Phi) is 6.41. The maximum absolute atomic E-state index is 12.5. The summed E-state index contributed by atoms with van der Waals surface area (Å²) in [5, 5.41) is 0. The van der Waals surface area contributed by atoms with Crippen LogP contribution in [-0.2, 0) is 12.7 Å². The largest absolute Gasteiger partial charge is 0.486 e. The van der Waals surface area contributed by atoms with E-state index in [-0.39, 0.29) is 0 Å². The lowest BCUT2D eigenvalue weighted by atomic mass is 10.1. The molecule has 0 bridgehead atoms. The molecule has 3 nitrogen and oxygen atoms in total. The molecule has 0 aliphatic carbocycles. The zero-order valence-corrected chi connectivity index (χ0v) is 15.6. The van der Waals surface area contributed by atoms with E-state index in [1.807, 2.05) is 43.5 Å². The average Bonchev–Trinajstić information content (AvgIpc) is 2.67. The minimum Gasteiger partial charge on any atom is -0.486 e. The highest BCUT2D eigenvalue weighted by Gasteiger charge is 2.29. The third-order valence-corrected chi connectivity index (χ3v) is 4.25. The second-order valence-electron chi connectivity index (χ2n) is 6.58. The minimum atomic E-state index is -4.30. The molecule has 3 rings (SSSR count). The number of benzene rings is 2. The van der Waals surface area contributed by atoms with Gasteiger partial charge >= 0.3 is 6.18 Å². The molecule has 0 atom stereocenters. The van der Waals surface area contributed by atoms with E-state index in [0.29, 0.717) is 13.2 Å². The molecule has 28 heavy (non-hydrogen) atoms. The number of alkyl halides is 3. The van der Waals surface area contributed by atoms with Gasteiger partial charge in [0.15, 0.2) is 11.5 Å². The third kappa shape index (κ3) is 5.63. The molecule has 0 N–H and O–H groups in total. The highest BCUT2D eigenvalue weighted by atomic mass is 19.4. The molecular weight excluding hydrogens is 367 g/mol. The molecular formula is C22H22F3NO2. The van der Waals surface area contributed by atoms with Crippen molar-refractivity contribution in [3.63, 3.8) is 0 Å². The van der Waals surface area contributed by atoms with Crippen LogP contribution in [0, 0.1) is 0 Å². The van der Waals surface area contributed by atoms with Crippen LogP contribution < -0.4 is 9.47 Å². The zero-order chi connectivity index (χ0) is 20.0. The lowest BCUT2D eigenvalue weighted by molar-refractivity contribution is -0.137. The Morgan fingerprint density at radius 2 is 1.68 bits per heavy atom. The van der Waals surface area contributed by atoms with Gasteiger partial charge in [-0.2, -0.15) is 13.2 Å². The van der Waals surface area contributed by atoms with E-state index in [1.54, 1.807) is 6.08 Å². The van der Waals surface area contributed by atoms with Gasteiger partial charge in [-0.1, -0.05) is 42.5 Å². The van der Waals surface area contributed by atoms with Gasteiger partial charge in [0.2, 0.25) is 0 Å². The Balaban J connectivity index is 1.47. The van der Waals surface area contributed by atoms with Crippen molar-refractivity contribution >= 4 is 6.08 Å². The number of nitrogens with zero attached hydrogens (tertiary/aromatic N) is 1. The number of hydrogen-bond donors (Lipinski definition) is 0. The topological polar surface area (TPSA) is 21.7 Å². The molecule has 0 unspecified atom stereocenters. The smallest absolute Gasteiger partial charge is 0.416 e. The first-order chi connectivity index (χ1) is 13.4. The number of rotatable bonds is 6. The predicted octanol–water partition coefficient (Wildman–Crippen LogP) is 5.18. The molecule has 148 valence electrons. The Hall–Kier alpha value is -2.73. The zero-order valence-electron chi connectivity index (χ0n) is 15.6. The van der Waals surface area contributed by atoms with Crippen molar-refractivity contribution in [3.8, 4) is 11.5 Å². The van der Waals surface area contributed by atoms with Crippen molar-refractivity contribution < 1.29 is 22.6 Å². The summed E-state index contributed by atoms with van der Waals surface area (Å²) in [6.07, 6.45) is 3.18. The molecule has 2 aromatic carbocycles. The Labute approximate surface area is 162 Å². The van der Waals surface area contributed by atoms with Crippen LogP contribution in [0.3, 0.4) is 0 Å². The van der Waals surface area contributed by atoms with E-state index >= 15 is 0 Å². The van der Waals surface area contributed by atoms with Crippen molar-refractivity contribution in [2.24, 2.45) is 0 Å². The number of likely N-dealkylation sites (N-methyl/N-ethyl adjacent to an activating group) is 1. The number of fused-ring (bicyclic) bond motifs is 1. The van der Waals surface area contributed by atoms with Crippen LogP contribution in [0.2, 0.25) is 0 Å². The quantitative estimate of drug-likeness (QED) is 0.636. The van der Waals surface area contributed by atoms with Gasteiger partial charge < -0.3 is 9.47 Å². The second-order valence-corrected chi connectivity index (χ2v) is 6.58. The molecule has 0 radical (unpaired) electrons. The summed E-state index contributed by atoms with van der Waals surface area (Å²) in [7, 11) is 2.01. The molecule has 1 aliphatic heterocycles. The predicted molar refractivity (Wildman–Crippen MR) is 103 cm³/mol. The number of ether oxygens (including phenoxy) is 2. The molecule has 0 saturated carbocycles. The maximum Gasteiger partial charge on any atom is 0.416 e. The van der Waals surface area contributed by atoms with Crippen molar-refractivity contribution in [2.75, 3.05) is 26.8 Å². The van der Waals surface area contributed by atoms with Crippen molar-refractivity contribution in [1.29, 1.82) is 0 Å². The van der Waals surface area contributed by atoms with Crippen LogP contribution in [0.15, 0.2) is 60.7 Å². The van der Waals surface area contributed by atoms with Gasteiger partial charge in [-0.05, 0) is 42.4 Å². The molecule has 1 heterocycles.